The number of hydrogen-bond acceptors (Lipinski definition) is 4. The Hall–Kier alpha value is -2.56. The van der Waals surface area contributed by atoms with Crippen LogP contribution in [0.15, 0.2) is 42.6 Å². The summed E-state index contributed by atoms with van der Waals surface area (Å²) < 4.78 is 0. The zero-order valence-electron chi connectivity index (χ0n) is 10.4. The largest absolute Gasteiger partial charge is 0.294 e. The summed E-state index contributed by atoms with van der Waals surface area (Å²) in [6.45, 7) is 1.89. The van der Waals surface area contributed by atoms with E-state index in [1.54, 1.807) is 6.20 Å². The Kier molecular flexibility index (Phi) is 3.66. The highest BCUT2D eigenvalue weighted by molar-refractivity contribution is 5.97. The van der Waals surface area contributed by atoms with Gasteiger partial charge in [0, 0.05) is 23.9 Å². The maximum atomic E-state index is 12.0. The minimum Gasteiger partial charge on any atom is -0.294 e. The number of rotatable bonds is 4. The molecule has 0 N–H and O–H groups in total. The zero-order valence-corrected chi connectivity index (χ0v) is 10.4. The molecule has 0 aliphatic carbocycles. The number of hydrogen-bond donors (Lipinski definition) is 0. The molecule has 19 heavy (non-hydrogen) atoms. The molecule has 96 valence electrons. The Balaban J connectivity index is 2.16. The number of carbonyl (C=O) groups is 1. The molecular weight excluding hydrogens is 244 g/mol. The summed E-state index contributed by atoms with van der Waals surface area (Å²) >= 11 is 0. The Morgan fingerprint density at radius 3 is 2.53 bits per heavy atom. The van der Waals surface area contributed by atoms with Gasteiger partial charge in [0.25, 0.3) is 5.69 Å². The monoisotopic (exact) mass is 256 g/mol. The van der Waals surface area contributed by atoms with Crippen LogP contribution in [0.25, 0.3) is 0 Å². The van der Waals surface area contributed by atoms with Gasteiger partial charge in [0.1, 0.15) is 0 Å². The normalized spacial score (nSPS) is 10.2. The van der Waals surface area contributed by atoms with Gasteiger partial charge in [-0.25, -0.2) is 0 Å². The Labute approximate surface area is 110 Å². The predicted octanol–water partition coefficient (Wildman–Crippen LogP) is 2.72. The van der Waals surface area contributed by atoms with Crippen molar-refractivity contribution in [1.82, 2.24) is 4.98 Å². The molecule has 0 amide bonds. The van der Waals surface area contributed by atoms with E-state index in [-0.39, 0.29) is 17.9 Å². The third-order valence-corrected chi connectivity index (χ3v) is 2.85. The van der Waals surface area contributed by atoms with Gasteiger partial charge in [-0.1, -0.05) is 6.07 Å². The van der Waals surface area contributed by atoms with Crippen LogP contribution >= 0.6 is 0 Å². The molecule has 2 rings (SSSR count). The number of non-ortho nitro benzene ring substituents is 1. The van der Waals surface area contributed by atoms with E-state index in [1.165, 1.54) is 24.3 Å². The Bertz CT molecular complexity index is 621. The maximum Gasteiger partial charge on any atom is 0.269 e. The minimum atomic E-state index is -0.489. The van der Waals surface area contributed by atoms with E-state index in [2.05, 4.69) is 4.98 Å². The van der Waals surface area contributed by atoms with Crippen LogP contribution < -0.4 is 0 Å². The molecule has 1 aromatic carbocycles. The quantitative estimate of drug-likeness (QED) is 0.479. The van der Waals surface area contributed by atoms with Gasteiger partial charge in [0.05, 0.1) is 17.0 Å². The van der Waals surface area contributed by atoms with Crippen LogP contribution in [-0.4, -0.2) is 15.7 Å². The van der Waals surface area contributed by atoms with Crippen molar-refractivity contribution in [1.29, 1.82) is 0 Å². The lowest BCUT2D eigenvalue weighted by atomic mass is 10.0. The van der Waals surface area contributed by atoms with Gasteiger partial charge in [0.2, 0.25) is 0 Å². The summed E-state index contributed by atoms with van der Waals surface area (Å²) in [5, 5.41) is 10.5. The molecule has 0 bridgehead atoms. The number of pyridine rings is 1. The van der Waals surface area contributed by atoms with E-state index in [4.69, 9.17) is 0 Å². The summed E-state index contributed by atoms with van der Waals surface area (Å²) in [6, 6.07) is 9.31. The van der Waals surface area contributed by atoms with Crippen molar-refractivity contribution < 1.29 is 9.72 Å². The van der Waals surface area contributed by atoms with Crippen molar-refractivity contribution >= 4 is 11.5 Å². The zero-order chi connectivity index (χ0) is 13.8. The number of Topliss-reactive ketones (excluding diaryl/α,β-unsaturated/α-hetero) is 1. The predicted molar refractivity (Wildman–Crippen MR) is 70.1 cm³/mol. The van der Waals surface area contributed by atoms with Crippen LogP contribution in [0.4, 0.5) is 5.69 Å². The lowest BCUT2D eigenvalue weighted by Gasteiger charge is -2.03. The second-order valence-corrected chi connectivity index (χ2v) is 4.17. The molecule has 5 heteroatoms. The molecule has 0 aliphatic heterocycles. The molecule has 0 aliphatic rings. The minimum absolute atomic E-state index is 0.0226. The van der Waals surface area contributed by atoms with Crippen LogP contribution in [0.2, 0.25) is 0 Å². The molecule has 0 fully saturated rings. The molecule has 0 atom stereocenters. The van der Waals surface area contributed by atoms with Gasteiger partial charge in [0.15, 0.2) is 5.78 Å². The van der Waals surface area contributed by atoms with Gasteiger partial charge in [-0.3, -0.25) is 19.9 Å². The second kappa shape index (κ2) is 5.39. The Morgan fingerprint density at radius 1 is 1.26 bits per heavy atom. The lowest BCUT2D eigenvalue weighted by Crippen LogP contribution is -2.06. The molecular formula is C14H12N2O3. The highest BCUT2D eigenvalue weighted by Gasteiger charge is 2.11. The number of nitro groups is 1. The third-order valence-electron chi connectivity index (χ3n) is 2.85. The smallest absolute Gasteiger partial charge is 0.269 e. The van der Waals surface area contributed by atoms with Gasteiger partial charge in [-0.15, -0.1) is 0 Å². The topological polar surface area (TPSA) is 73.1 Å². The molecule has 0 saturated heterocycles. The van der Waals surface area contributed by atoms with Crippen LogP contribution in [-0.2, 0) is 6.42 Å². The van der Waals surface area contributed by atoms with Crippen molar-refractivity contribution in [3.05, 3.63) is 69.5 Å². The first-order valence-electron chi connectivity index (χ1n) is 5.76. The van der Waals surface area contributed by atoms with Crippen molar-refractivity contribution in [2.45, 2.75) is 13.3 Å². The summed E-state index contributed by atoms with van der Waals surface area (Å²) in [4.78, 5) is 26.2. The second-order valence-electron chi connectivity index (χ2n) is 4.17. The molecule has 0 spiro atoms. The molecule has 0 unspecified atom stereocenters. The Morgan fingerprint density at radius 2 is 1.95 bits per heavy atom. The fraction of sp³-hybridized carbons (Fsp3) is 0.143. The van der Waals surface area contributed by atoms with Gasteiger partial charge >= 0.3 is 0 Å². The van der Waals surface area contributed by atoms with Gasteiger partial charge in [-0.2, -0.15) is 0 Å². The number of benzene rings is 1. The van der Waals surface area contributed by atoms with Gasteiger partial charge in [-0.05, 0) is 30.7 Å². The number of carbonyl (C=O) groups excluding carboxylic acids is 1. The van der Waals surface area contributed by atoms with Crippen molar-refractivity contribution in [2.24, 2.45) is 0 Å². The molecule has 0 radical (unpaired) electrons. The van der Waals surface area contributed by atoms with E-state index in [0.717, 1.165) is 11.3 Å². The van der Waals surface area contributed by atoms with Gasteiger partial charge < -0.3 is 0 Å². The van der Waals surface area contributed by atoms with Crippen molar-refractivity contribution in [3.8, 4) is 0 Å². The number of nitrogens with zero attached hydrogens (tertiary/aromatic N) is 2. The molecule has 0 saturated carbocycles. The van der Waals surface area contributed by atoms with Crippen LogP contribution in [0.1, 0.15) is 21.6 Å². The van der Waals surface area contributed by atoms with Crippen molar-refractivity contribution in [2.75, 3.05) is 0 Å². The summed E-state index contributed by atoms with van der Waals surface area (Å²) in [6.07, 6.45) is 1.84. The van der Waals surface area contributed by atoms with E-state index < -0.39 is 4.92 Å². The summed E-state index contributed by atoms with van der Waals surface area (Å²) in [7, 11) is 0. The average Bonchev–Trinajstić information content (AvgIpc) is 2.41. The fourth-order valence-corrected chi connectivity index (χ4v) is 1.73. The first kappa shape index (κ1) is 12.9. The SMILES string of the molecule is Cc1cccnc1CC(=O)c1ccc([N+](=O)[O-])cc1. The molecule has 1 aromatic heterocycles. The van der Waals surface area contributed by atoms with Crippen LogP contribution in [0.5, 0.6) is 0 Å². The number of nitro benzene ring substituents is 1. The fourth-order valence-electron chi connectivity index (χ4n) is 1.73. The third kappa shape index (κ3) is 3.01. The first-order valence-corrected chi connectivity index (χ1v) is 5.76. The highest BCUT2D eigenvalue weighted by atomic mass is 16.6. The van der Waals surface area contributed by atoms with Crippen LogP contribution in [0, 0.1) is 17.0 Å². The average molecular weight is 256 g/mol. The van der Waals surface area contributed by atoms with E-state index in [9.17, 15) is 14.9 Å². The first-order chi connectivity index (χ1) is 9.08. The van der Waals surface area contributed by atoms with E-state index >= 15 is 0 Å². The number of ketones is 1. The molecule has 5 nitrogen and oxygen atoms in total. The van der Waals surface area contributed by atoms with E-state index in [1.807, 2.05) is 19.1 Å². The number of aromatic nitrogens is 1. The van der Waals surface area contributed by atoms with Crippen LogP contribution in [0.3, 0.4) is 0 Å². The standard InChI is InChI=1S/C14H12N2O3/c1-10-3-2-8-15-13(10)9-14(17)11-4-6-12(7-5-11)16(18)19/h2-8H,9H2,1H3. The number of aryl methyl sites for hydroxylation is 1. The maximum absolute atomic E-state index is 12.0. The lowest BCUT2D eigenvalue weighted by molar-refractivity contribution is -0.384. The molecule has 2 aromatic rings. The van der Waals surface area contributed by atoms with E-state index in [0.29, 0.717) is 5.56 Å². The highest BCUT2D eigenvalue weighted by Crippen LogP contribution is 2.14. The summed E-state index contributed by atoms with van der Waals surface area (Å²) in [5.41, 5.74) is 2.12. The summed E-state index contributed by atoms with van der Waals surface area (Å²) in [5.74, 6) is -0.100. The van der Waals surface area contributed by atoms with Crippen molar-refractivity contribution in [3.63, 3.8) is 0 Å². The molecule has 1 heterocycles.